The Morgan fingerprint density at radius 1 is 1.08 bits per heavy atom. The Balaban J connectivity index is 1.56. The van der Waals surface area contributed by atoms with E-state index in [9.17, 15) is 4.79 Å². The number of hydrogen-bond donors (Lipinski definition) is 2. The van der Waals surface area contributed by atoms with Gasteiger partial charge in [0.25, 0.3) is 0 Å². The van der Waals surface area contributed by atoms with Crippen molar-refractivity contribution in [2.75, 3.05) is 20.1 Å². The summed E-state index contributed by atoms with van der Waals surface area (Å²) in [5.74, 6) is 1.82. The summed E-state index contributed by atoms with van der Waals surface area (Å²) in [6.07, 6.45) is 8.25. The molecule has 0 radical (unpaired) electrons. The third kappa shape index (κ3) is 3.01. The van der Waals surface area contributed by atoms with Crippen molar-refractivity contribution in [3.63, 3.8) is 0 Å². The molecule has 4 bridgehead atoms. The number of carbonyl (C=O) groups is 1. The lowest BCUT2D eigenvalue weighted by Crippen LogP contribution is -2.59. The third-order valence-corrected chi connectivity index (χ3v) is 7.10. The van der Waals surface area contributed by atoms with Crippen molar-refractivity contribution in [1.29, 1.82) is 0 Å². The molecule has 4 fully saturated rings. The van der Waals surface area contributed by atoms with Crippen molar-refractivity contribution in [3.8, 4) is 0 Å². The number of benzene rings is 1. The van der Waals surface area contributed by atoms with Crippen LogP contribution in [0.15, 0.2) is 24.3 Å². The average Bonchev–Trinajstić information content (AvgIpc) is 2.58. The Labute approximate surface area is 152 Å². The van der Waals surface area contributed by atoms with Gasteiger partial charge < -0.3 is 10.6 Å². The summed E-state index contributed by atoms with van der Waals surface area (Å²) >= 11 is 0. The van der Waals surface area contributed by atoms with E-state index in [4.69, 9.17) is 0 Å². The van der Waals surface area contributed by atoms with E-state index in [0.717, 1.165) is 50.6 Å². The fourth-order valence-electron chi connectivity index (χ4n) is 6.43. The van der Waals surface area contributed by atoms with E-state index >= 15 is 0 Å². The second kappa shape index (κ2) is 6.42. The highest BCUT2D eigenvalue weighted by atomic mass is 16.2. The maximum Gasteiger partial charge on any atom is 0.226 e. The van der Waals surface area contributed by atoms with E-state index in [1.165, 1.54) is 30.4 Å². The van der Waals surface area contributed by atoms with Crippen molar-refractivity contribution in [2.24, 2.45) is 17.3 Å². The number of rotatable bonds is 6. The molecule has 0 aliphatic heterocycles. The van der Waals surface area contributed by atoms with Crippen LogP contribution in [-0.4, -0.2) is 26.0 Å². The molecule has 4 aliphatic carbocycles. The van der Waals surface area contributed by atoms with E-state index in [0.29, 0.717) is 5.91 Å². The molecule has 4 saturated carbocycles. The van der Waals surface area contributed by atoms with E-state index in [-0.39, 0.29) is 10.8 Å². The van der Waals surface area contributed by atoms with Crippen molar-refractivity contribution >= 4 is 5.91 Å². The van der Waals surface area contributed by atoms with Gasteiger partial charge >= 0.3 is 0 Å². The van der Waals surface area contributed by atoms with Gasteiger partial charge in [-0.05, 0) is 88.3 Å². The topological polar surface area (TPSA) is 41.1 Å². The van der Waals surface area contributed by atoms with Crippen LogP contribution in [0.25, 0.3) is 0 Å². The molecule has 136 valence electrons. The number of nitrogens with one attached hydrogen (secondary N) is 2. The summed E-state index contributed by atoms with van der Waals surface area (Å²) in [4.78, 5) is 13.2. The minimum atomic E-state index is -0.103. The monoisotopic (exact) mass is 340 g/mol. The Bertz CT molecular complexity index is 622. The predicted molar refractivity (Wildman–Crippen MR) is 102 cm³/mol. The molecule has 25 heavy (non-hydrogen) atoms. The van der Waals surface area contributed by atoms with Crippen LogP contribution >= 0.6 is 0 Å². The van der Waals surface area contributed by atoms with E-state index in [1.807, 2.05) is 7.05 Å². The van der Waals surface area contributed by atoms with E-state index < -0.39 is 0 Å². The third-order valence-electron chi connectivity index (χ3n) is 7.10. The molecule has 0 saturated heterocycles. The van der Waals surface area contributed by atoms with E-state index in [2.05, 4.69) is 41.8 Å². The lowest BCUT2D eigenvalue weighted by Gasteiger charge is -2.61. The SMILES string of the molecule is CNCCCNC(=O)C12CC3CC(C1)CC(c1ccc(C)cc1)(C3)C2. The first-order valence-corrected chi connectivity index (χ1v) is 10.1. The van der Waals surface area contributed by atoms with Crippen LogP contribution in [0.1, 0.15) is 56.1 Å². The Morgan fingerprint density at radius 2 is 1.76 bits per heavy atom. The van der Waals surface area contributed by atoms with Crippen molar-refractivity contribution < 1.29 is 4.79 Å². The summed E-state index contributed by atoms with van der Waals surface area (Å²) in [5.41, 5.74) is 2.96. The van der Waals surface area contributed by atoms with Crippen LogP contribution in [0.4, 0.5) is 0 Å². The molecule has 4 aliphatic rings. The maximum atomic E-state index is 13.2. The summed E-state index contributed by atoms with van der Waals surface area (Å²) in [6.45, 7) is 3.92. The molecule has 3 heteroatoms. The largest absolute Gasteiger partial charge is 0.356 e. The van der Waals surface area contributed by atoms with Crippen molar-refractivity contribution in [1.82, 2.24) is 10.6 Å². The molecule has 1 aromatic carbocycles. The van der Waals surface area contributed by atoms with Gasteiger partial charge in [0.05, 0.1) is 5.41 Å². The molecule has 2 N–H and O–H groups in total. The van der Waals surface area contributed by atoms with Gasteiger partial charge in [-0.15, -0.1) is 0 Å². The Morgan fingerprint density at radius 3 is 2.40 bits per heavy atom. The van der Waals surface area contributed by atoms with Crippen molar-refractivity contribution in [2.45, 2.75) is 57.3 Å². The van der Waals surface area contributed by atoms with Crippen LogP contribution in [0, 0.1) is 24.2 Å². The Kier molecular flexibility index (Phi) is 4.39. The zero-order valence-corrected chi connectivity index (χ0v) is 15.7. The summed E-state index contributed by atoms with van der Waals surface area (Å²) < 4.78 is 0. The molecule has 3 nitrogen and oxygen atoms in total. The molecular formula is C22H32N2O. The van der Waals surface area contributed by atoms with Crippen LogP contribution in [0.3, 0.4) is 0 Å². The van der Waals surface area contributed by atoms with Gasteiger partial charge in [0.2, 0.25) is 5.91 Å². The number of carbonyl (C=O) groups excluding carboxylic acids is 1. The Hall–Kier alpha value is -1.35. The second-order valence-electron chi connectivity index (χ2n) is 9.10. The van der Waals surface area contributed by atoms with Crippen LogP contribution in [0.2, 0.25) is 0 Å². The lowest BCUT2D eigenvalue weighted by molar-refractivity contribution is -0.149. The molecule has 1 amide bonds. The first kappa shape index (κ1) is 17.1. The highest BCUT2D eigenvalue weighted by molar-refractivity contribution is 5.83. The summed E-state index contributed by atoms with van der Waals surface area (Å²) in [6, 6.07) is 9.17. The number of aryl methyl sites for hydroxylation is 1. The second-order valence-corrected chi connectivity index (χ2v) is 9.10. The minimum absolute atomic E-state index is 0.103. The molecule has 2 unspecified atom stereocenters. The zero-order valence-electron chi connectivity index (χ0n) is 15.7. The highest BCUT2D eigenvalue weighted by Gasteiger charge is 2.60. The van der Waals surface area contributed by atoms with Gasteiger partial charge in [-0.2, -0.15) is 0 Å². The first-order valence-electron chi connectivity index (χ1n) is 10.1. The van der Waals surface area contributed by atoms with Gasteiger partial charge in [0.15, 0.2) is 0 Å². The quantitative estimate of drug-likeness (QED) is 0.778. The van der Waals surface area contributed by atoms with E-state index in [1.54, 1.807) is 0 Å². The summed E-state index contributed by atoms with van der Waals surface area (Å²) in [7, 11) is 1.96. The zero-order chi connectivity index (χ0) is 17.5. The highest BCUT2D eigenvalue weighted by Crippen LogP contribution is 2.65. The molecule has 0 heterocycles. The molecule has 5 rings (SSSR count). The van der Waals surface area contributed by atoms with Gasteiger partial charge in [-0.3, -0.25) is 4.79 Å². The standard InChI is InChI=1S/C22H32N2O/c1-16-4-6-19(7-5-16)21-11-17-10-18(12-21)14-22(13-17,15-21)20(25)24-9-3-8-23-2/h4-7,17-18,23H,3,8-15H2,1-2H3,(H,24,25). The molecule has 0 spiro atoms. The smallest absolute Gasteiger partial charge is 0.226 e. The van der Waals surface area contributed by atoms with Gasteiger partial charge in [-0.25, -0.2) is 0 Å². The van der Waals surface area contributed by atoms with Crippen molar-refractivity contribution in [3.05, 3.63) is 35.4 Å². The number of amides is 1. The normalized spacial score (nSPS) is 35.8. The summed E-state index contributed by atoms with van der Waals surface area (Å²) in [5, 5.41) is 6.43. The van der Waals surface area contributed by atoms with Crippen LogP contribution < -0.4 is 10.6 Å². The predicted octanol–water partition coefficient (Wildman–Crippen LogP) is 3.56. The lowest BCUT2D eigenvalue weighted by atomic mass is 9.42. The average molecular weight is 341 g/mol. The van der Waals surface area contributed by atoms with Gasteiger partial charge in [-0.1, -0.05) is 29.8 Å². The first-order chi connectivity index (χ1) is 12.1. The molecule has 2 atom stereocenters. The minimum Gasteiger partial charge on any atom is -0.356 e. The number of hydrogen-bond acceptors (Lipinski definition) is 2. The van der Waals surface area contributed by atoms with Gasteiger partial charge in [0.1, 0.15) is 0 Å². The molecule has 1 aromatic rings. The fraction of sp³-hybridized carbons (Fsp3) is 0.682. The molecule has 0 aromatic heterocycles. The maximum absolute atomic E-state index is 13.2. The van der Waals surface area contributed by atoms with Crippen LogP contribution in [-0.2, 0) is 10.2 Å². The van der Waals surface area contributed by atoms with Crippen LogP contribution in [0.5, 0.6) is 0 Å². The van der Waals surface area contributed by atoms with Gasteiger partial charge in [0, 0.05) is 6.54 Å². The molecular weight excluding hydrogens is 308 g/mol. The fourth-order valence-corrected chi connectivity index (χ4v) is 6.43.